The van der Waals surface area contributed by atoms with Gasteiger partial charge in [0, 0.05) is 11.4 Å². The zero-order chi connectivity index (χ0) is 12.8. The van der Waals surface area contributed by atoms with Crippen LogP contribution >= 0.6 is 22.9 Å². The first-order valence-corrected chi connectivity index (χ1v) is 8.15. The van der Waals surface area contributed by atoms with E-state index in [0.717, 1.165) is 23.3 Å². The number of rotatable bonds is 5. The van der Waals surface area contributed by atoms with E-state index in [0.29, 0.717) is 0 Å². The Bertz CT molecular complexity index is 391. The maximum atomic E-state index is 6.01. The lowest BCUT2D eigenvalue weighted by molar-refractivity contribution is 0.397. The Morgan fingerprint density at radius 3 is 2.78 bits per heavy atom. The van der Waals surface area contributed by atoms with Crippen molar-refractivity contribution in [2.75, 3.05) is 13.1 Å². The molecule has 1 aromatic rings. The molecule has 1 heterocycles. The van der Waals surface area contributed by atoms with Crippen molar-refractivity contribution in [1.29, 1.82) is 0 Å². The second-order valence-corrected chi connectivity index (χ2v) is 6.72. The van der Waals surface area contributed by atoms with Crippen molar-refractivity contribution < 1.29 is 0 Å². The number of halogens is 1. The van der Waals surface area contributed by atoms with Crippen LogP contribution in [0.1, 0.15) is 43.9 Å². The summed E-state index contributed by atoms with van der Waals surface area (Å²) in [6, 6.07) is 4.12. The van der Waals surface area contributed by atoms with Crippen LogP contribution in [0, 0.1) is 5.92 Å². The number of thiophene rings is 1. The molecule has 1 saturated carbocycles. The van der Waals surface area contributed by atoms with E-state index in [1.807, 2.05) is 6.07 Å². The topological polar surface area (TPSA) is 12.0 Å². The molecule has 1 N–H and O–H groups in total. The van der Waals surface area contributed by atoms with Crippen molar-refractivity contribution in [1.82, 2.24) is 5.32 Å². The van der Waals surface area contributed by atoms with E-state index >= 15 is 0 Å². The van der Waals surface area contributed by atoms with Gasteiger partial charge in [0.25, 0.3) is 0 Å². The minimum absolute atomic E-state index is 0.777. The molecule has 0 atom stereocenters. The minimum atomic E-state index is 0.777. The summed E-state index contributed by atoms with van der Waals surface area (Å²) in [5, 5.41) is 3.48. The SMILES string of the molecule is CCNCC(=Cc1ccc(Cl)s1)C1CCCCC1. The molecule has 0 radical (unpaired) electrons. The summed E-state index contributed by atoms with van der Waals surface area (Å²) in [5.41, 5.74) is 1.56. The van der Waals surface area contributed by atoms with Crippen molar-refractivity contribution >= 4 is 29.0 Å². The molecule has 1 fully saturated rings. The van der Waals surface area contributed by atoms with E-state index in [1.54, 1.807) is 16.9 Å². The maximum Gasteiger partial charge on any atom is 0.0934 e. The molecule has 0 aliphatic heterocycles. The Hall–Kier alpha value is -0.310. The first-order chi connectivity index (χ1) is 8.79. The average Bonchev–Trinajstić information content (AvgIpc) is 2.81. The van der Waals surface area contributed by atoms with E-state index in [2.05, 4.69) is 24.4 Å². The summed E-state index contributed by atoms with van der Waals surface area (Å²) >= 11 is 7.68. The summed E-state index contributed by atoms with van der Waals surface area (Å²) < 4.78 is 0.882. The van der Waals surface area contributed by atoms with Gasteiger partial charge in [-0.1, -0.05) is 43.4 Å². The van der Waals surface area contributed by atoms with Crippen LogP contribution < -0.4 is 5.32 Å². The summed E-state index contributed by atoms with van der Waals surface area (Å²) in [5.74, 6) is 0.777. The molecule has 1 aromatic heterocycles. The van der Waals surface area contributed by atoms with Gasteiger partial charge in [-0.3, -0.25) is 0 Å². The molecule has 100 valence electrons. The third kappa shape index (κ3) is 4.11. The van der Waals surface area contributed by atoms with Crippen LogP contribution in [0.25, 0.3) is 6.08 Å². The molecule has 0 bridgehead atoms. The largest absolute Gasteiger partial charge is 0.313 e. The van der Waals surface area contributed by atoms with E-state index in [-0.39, 0.29) is 0 Å². The van der Waals surface area contributed by atoms with E-state index in [4.69, 9.17) is 11.6 Å². The molecule has 1 nitrogen and oxygen atoms in total. The number of likely N-dealkylation sites (N-methyl/N-ethyl adjacent to an activating group) is 1. The normalized spacial score (nSPS) is 18.2. The molecular formula is C15H22ClNS. The number of nitrogens with one attached hydrogen (secondary N) is 1. The summed E-state index contributed by atoms with van der Waals surface area (Å²) in [6.45, 7) is 4.23. The van der Waals surface area contributed by atoms with Gasteiger partial charge < -0.3 is 5.32 Å². The fourth-order valence-electron chi connectivity index (χ4n) is 2.64. The highest BCUT2D eigenvalue weighted by Crippen LogP contribution is 2.32. The van der Waals surface area contributed by atoms with Gasteiger partial charge in [-0.15, -0.1) is 11.3 Å². The lowest BCUT2D eigenvalue weighted by Crippen LogP contribution is -2.21. The van der Waals surface area contributed by atoms with Gasteiger partial charge in [-0.25, -0.2) is 0 Å². The van der Waals surface area contributed by atoms with Gasteiger partial charge in [0.15, 0.2) is 0 Å². The fraction of sp³-hybridized carbons (Fsp3) is 0.600. The molecule has 0 aromatic carbocycles. The van der Waals surface area contributed by atoms with Gasteiger partial charge in [-0.05, 0) is 43.5 Å². The standard InChI is InChI=1S/C15H22ClNS/c1-2-17-11-13(12-6-4-3-5-7-12)10-14-8-9-15(16)18-14/h8-10,12,17H,2-7,11H2,1H3. The van der Waals surface area contributed by atoms with Gasteiger partial charge in [0.05, 0.1) is 4.34 Å². The number of hydrogen-bond acceptors (Lipinski definition) is 2. The van der Waals surface area contributed by atoms with Crippen LogP contribution in [0.5, 0.6) is 0 Å². The van der Waals surface area contributed by atoms with E-state index < -0.39 is 0 Å². The van der Waals surface area contributed by atoms with E-state index in [9.17, 15) is 0 Å². The summed E-state index contributed by atoms with van der Waals surface area (Å²) in [6.07, 6.45) is 9.26. The van der Waals surface area contributed by atoms with Gasteiger partial charge in [-0.2, -0.15) is 0 Å². The van der Waals surface area contributed by atoms with Crippen molar-refractivity contribution in [2.45, 2.75) is 39.0 Å². The Balaban J connectivity index is 2.10. The Morgan fingerprint density at radius 1 is 1.39 bits per heavy atom. The lowest BCUT2D eigenvalue weighted by Gasteiger charge is -2.24. The Labute approximate surface area is 119 Å². The molecule has 0 amide bonds. The van der Waals surface area contributed by atoms with E-state index in [1.165, 1.54) is 37.0 Å². The van der Waals surface area contributed by atoms with Crippen LogP contribution in [0.2, 0.25) is 4.34 Å². The van der Waals surface area contributed by atoms with Crippen LogP contribution in [0.15, 0.2) is 17.7 Å². The first kappa shape index (κ1) is 14.1. The molecule has 0 unspecified atom stereocenters. The molecule has 0 saturated heterocycles. The Kier molecular flexibility index (Phi) is 5.74. The predicted octanol–water partition coefficient (Wildman–Crippen LogP) is 4.97. The molecule has 2 rings (SSSR count). The zero-order valence-corrected chi connectivity index (χ0v) is 12.6. The third-order valence-electron chi connectivity index (χ3n) is 3.63. The molecule has 1 aliphatic rings. The Morgan fingerprint density at radius 2 is 2.17 bits per heavy atom. The van der Waals surface area contributed by atoms with Crippen molar-refractivity contribution in [3.8, 4) is 0 Å². The second-order valence-electron chi connectivity index (χ2n) is 4.98. The highest BCUT2D eigenvalue weighted by Gasteiger charge is 2.17. The number of hydrogen-bond donors (Lipinski definition) is 1. The van der Waals surface area contributed by atoms with Crippen molar-refractivity contribution in [2.24, 2.45) is 5.92 Å². The predicted molar refractivity (Wildman–Crippen MR) is 82.4 cm³/mol. The quantitative estimate of drug-likeness (QED) is 0.804. The van der Waals surface area contributed by atoms with Crippen LogP contribution in [-0.4, -0.2) is 13.1 Å². The zero-order valence-electron chi connectivity index (χ0n) is 11.0. The van der Waals surface area contributed by atoms with Crippen LogP contribution in [0.4, 0.5) is 0 Å². The van der Waals surface area contributed by atoms with Gasteiger partial charge in [0.2, 0.25) is 0 Å². The van der Waals surface area contributed by atoms with Crippen LogP contribution in [0.3, 0.4) is 0 Å². The maximum absolute atomic E-state index is 6.01. The summed E-state index contributed by atoms with van der Waals surface area (Å²) in [7, 11) is 0. The highest BCUT2D eigenvalue weighted by molar-refractivity contribution is 7.17. The smallest absolute Gasteiger partial charge is 0.0934 e. The molecule has 1 aliphatic carbocycles. The molecular weight excluding hydrogens is 262 g/mol. The van der Waals surface area contributed by atoms with Gasteiger partial charge >= 0.3 is 0 Å². The third-order valence-corrected chi connectivity index (χ3v) is 4.81. The fourth-order valence-corrected chi connectivity index (χ4v) is 3.68. The summed E-state index contributed by atoms with van der Waals surface area (Å²) in [4.78, 5) is 1.29. The lowest BCUT2D eigenvalue weighted by atomic mass is 9.83. The molecule has 0 spiro atoms. The van der Waals surface area contributed by atoms with Crippen LogP contribution in [-0.2, 0) is 0 Å². The molecule has 3 heteroatoms. The monoisotopic (exact) mass is 283 g/mol. The average molecular weight is 284 g/mol. The first-order valence-electron chi connectivity index (χ1n) is 6.96. The van der Waals surface area contributed by atoms with Crippen molar-refractivity contribution in [3.63, 3.8) is 0 Å². The van der Waals surface area contributed by atoms with Crippen molar-refractivity contribution in [3.05, 3.63) is 26.9 Å². The highest BCUT2D eigenvalue weighted by atomic mass is 35.5. The molecule has 18 heavy (non-hydrogen) atoms. The minimum Gasteiger partial charge on any atom is -0.313 e. The van der Waals surface area contributed by atoms with Gasteiger partial charge in [0.1, 0.15) is 0 Å². The second kappa shape index (κ2) is 7.32.